The first kappa shape index (κ1) is 20.0. The lowest BCUT2D eigenvalue weighted by Crippen LogP contribution is -2.48. The average molecular weight is 419 g/mol. The van der Waals surface area contributed by atoms with Gasteiger partial charge >= 0.3 is 0 Å². The predicted octanol–water partition coefficient (Wildman–Crippen LogP) is 1.46. The minimum Gasteiger partial charge on any atom is -0.493 e. The number of rotatable bonds is 8. The van der Waals surface area contributed by atoms with E-state index in [9.17, 15) is 4.79 Å². The van der Waals surface area contributed by atoms with Gasteiger partial charge < -0.3 is 14.4 Å². The number of amides is 1. The first-order valence-corrected chi connectivity index (χ1v) is 10.8. The van der Waals surface area contributed by atoms with E-state index in [0.29, 0.717) is 11.8 Å². The molecule has 1 aliphatic heterocycles. The third-order valence-electron chi connectivity index (χ3n) is 5.26. The van der Waals surface area contributed by atoms with Crippen molar-refractivity contribution < 1.29 is 14.3 Å². The molecule has 0 atom stereocenters. The van der Waals surface area contributed by atoms with Crippen LogP contribution in [-0.2, 0) is 11.3 Å². The molecule has 2 aromatic rings. The molecule has 156 valence electrons. The van der Waals surface area contributed by atoms with Gasteiger partial charge in [0.05, 0.1) is 26.0 Å². The molecular formula is C19H26N6O3S. The van der Waals surface area contributed by atoms with E-state index in [1.807, 2.05) is 21.7 Å². The number of hydrogen-bond acceptors (Lipinski definition) is 8. The summed E-state index contributed by atoms with van der Waals surface area (Å²) in [5.41, 5.74) is 1.17. The van der Waals surface area contributed by atoms with Crippen molar-refractivity contribution in [2.75, 3.05) is 46.2 Å². The number of methoxy groups -OCH3 is 2. The van der Waals surface area contributed by atoms with E-state index < -0.39 is 0 Å². The number of piperazine rings is 1. The van der Waals surface area contributed by atoms with Crippen LogP contribution in [0.1, 0.15) is 24.4 Å². The number of hydrogen-bond donors (Lipinski definition) is 0. The van der Waals surface area contributed by atoms with Gasteiger partial charge in [0.1, 0.15) is 0 Å². The molecule has 0 radical (unpaired) electrons. The van der Waals surface area contributed by atoms with Gasteiger partial charge in [-0.2, -0.15) is 0 Å². The number of nitrogens with zero attached hydrogens (tertiary/aromatic N) is 6. The molecule has 1 aromatic carbocycles. The predicted molar refractivity (Wildman–Crippen MR) is 108 cm³/mol. The van der Waals surface area contributed by atoms with E-state index in [4.69, 9.17) is 9.47 Å². The van der Waals surface area contributed by atoms with Crippen LogP contribution in [0.2, 0.25) is 0 Å². The molecule has 10 heteroatoms. The third kappa shape index (κ3) is 4.81. The van der Waals surface area contributed by atoms with Gasteiger partial charge in [0.2, 0.25) is 11.1 Å². The maximum absolute atomic E-state index is 12.6. The lowest BCUT2D eigenvalue weighted by molar-refractivity contribution is -0.130. The average Bonchev–Trinajstić information content (AvgIpc) is 3.50. The summed E-state index contributed by atoms with van der Waals surface area (Å²) in [7, 11) is 3.28. The Morgan fingerprint density at radius 2 is 1.90 bits per heavy atom. The maximum atomic E-state index is 12.6. The summed E-state index contributed by atoms with van der Waals surface area (Å²) in [5.74, 6) is 2.00. The van der Waals surface area contributed by atoms with Crippen molar-refractivity contribution in [3.8, 4) is 11.5 Å². The smallest absolute Gasteiger partial charge is 0.233 e. The minimum atomic E-state index is 0.145. The van der Waals surface area contributed by atoms with Crippen LogP contribution in [0, 0.1) is 0 Å². The molecule has 1 aromatic heterocycles. The van der Waals surface area contributed by atoms with E-state index in [0.717, 1.165) is 62.2 Å². The van der Waals surface area contributed by atoms with E-state index in [-0.39, 0.29) is 5.91 Å². The van der Waals surface area contributed by atoms with Crippen LogP contribution >= 0.6 is 11.8 Å². The van der Waals surface area contributed by atoms with Gasteiger partial charge in [0.25, 0.3) is 0 Å². The van der Waals surface area contributed by atoms with Crippen LogP contribution in [0.25, 0.3) is 0 Å². The van der Waals surface area contributed by atoms with E-state index >= 15 is 0 Å². The van der Waals surface area contributed by atoms with Crippen molar-refractivity contribution in [1.29, 1.82) is 0 Å². The molecule has 0 N–H and O–H groups in total. The Balaban J connectivity index is 1.24. The molecule has 1 aliphatic carbocycles. The quantitative estimate of drug-likeness (QED) is 0.596. The highest BCUT2D eigenvalue weighted by Crippen LogP contribution is 2.36. The lowest BCUT2D eigenvalue weighted by atomic mass is 10.1. The Morgan fingerprint density at radius 3 is 2.59 bits per heavy atom. The molecule has 9 nitrogen and oxygen atoms in total. The molecule has 2 heterocycles. The molecular weight excluding hydrogens is 392 g/mol. The zero-order chi connectivity index (χ0) is 20.2. The fourth-order valence-electron chi connectivity index (χ4n) is 3.44. The molecule has 4 rings (SSSR count). The summed E-state index contributed by atoms with van der Waals surface area (Å²) in [5, 5.41) is 12.6. The molecule has 1 saturated heterocycles. The van der Waals surface area contributed by atoms with E-state index in [2.05, 4.69) is 26.5 Å². The summed E-state index contributed by atoms with van der Waals surface area (Å²) < 4.78 is 12.5. The Kier molecular flexibility index (Phi) is 6.19. The highest BCUT2D eigenvalue weighted by Gasteiger charge is 2.28. The Labute approximate surface area is 174 Å². The van der Waals surface area contributed by atoms with Gasteiger partial charge in [0, 0.05) is 32.7 Å². The van der Waals surface area contributed by atoms with Gasteiger partial charge in [-0.1, -0.05) is 17.8 Å². The molecule has 2 fully saturated rings. The van der Waals surface area contributed by atoms with Crippen molar-refractivity contribution in [2.24, 2.45) is 0 Å². The standard InChI is InChI=1S/C19H26N6O3S/c1-27-16-6-3-14(11-17(16)28-2)12-23-7-9-24(10-8-23)18(26)13-29-19-20-21-22-25(19)15-4-5-15/h3,6,11,15H,4-5,7-10,12-13H2,1-2H3. The highest BCUT2D eigenvalue weighted by atomic mass is 32.2. The van der Waals surface area contributed by atoms with Crippen LogP contribution in [0.5, 0.6) is 11.5 Å². The first-order valence-electron chi connectivity index (χ1n) is 9.79. The van der Waals surface area contributed by atoms with Crippen molar-refractivity contribution in [3.05, 3.63) is 23.8 Å². The number of benzene rings is 1. The molecule has 1 saturated carbocycles. The van der Waals surface area contributed by atoms with Crippen molar-refractivity contribution in [3.63, 3.8) is 0 Å². The summed E-state index contributed by atoms with van der Waals surface area (Å²) in [6.07, 6.45) is 2.24. The second kappa shape index (κ2) is 9.00. The van der Waals surface area contributed by atoms with Crippen molar-refractivity contribution in [1.82, 2.24) is 30.0 Å². The normalized spacial score (nSPS) is 17.4. The molecule has 2 aliphatic rings. The lowest BCUT2D eigenvalue weighted by Gasteiger charge is -2.34. The fraction of sp³-hybridized carbons (Fsp3) is 0.579. The SMILES string of the molecule is COc1ccc(CN2CCN(C(=O)CSc3nnnn3C3CC3)CC2)cc1OC. The van der Waals surface area contributed by atoms with Crippen LogP contribution in [0.15, 0.2) is 23.4 Å². The van der Waals surface area contributed by atoms with E-state index in [1.165, 1.54) is 17.3 Å². The Hall–Kier alpha value is -2.33. The van der Waals surface area contributed by atoms with Gasteiger partial charge in [-0.05, 0) is 41.0 Å². The monoisotopic (exact) mass is 418 g/mol. The van der Waals surface area contributed by atoms with Crippen LogP contribution in [0.4, 0.5) is 0 Å². The molecule has 1 amide bonds. The van der Waals surface area contributed by atoms with E-state index in [1.54, 1.807) is 14.2 Å². The van der Waals surface area contributed by atoms with Gasteiger partial charge in [-0.25, -0.2) is 4.68 Å². The molecule has 0 bridgehead atoms. The largest absolute Gasteiger partial charge is 0.493 e. The van der Waals surface area contributed by atoms with Gasteiger partial charge in [-0.15, -0.1) is 5.10 Å². The number of tetrazole rings is 1. The van der Waals surface area contributed by atoms with Crippen molar-refractivity contribution >= 4 is 17.7 Å². The highest BCUT2D eigenvalue weighted by molar-refractivity contribution is 7.99. The first-order chi connectivity index (χ1) is 14.2. The van der Waals surface area contributed by atoms with Crippen LogP contribution in [-0.4, -0.2) is 82.1 Å². The third-order valence-corrected chi connectivity index (χ3v) is 6.18. The second-order valence-electron chi connectivity index (χ2n) is 7.27. The number of thioether (sulfide) groups is 1. The molecule has 0 unspecified atom stereocenters. The summed E-state index contributed by atoms with van der Waals surface area (Å²) >= 11 is 1.43. The van der Waals surface area contributed by atoms with Crippen LogP contribution < -0.4 is 9.47 Å². The number of carbonyl (C=O) groups excluding carboxylic acids is 1. The maximum Gasteiger partial charge on any atom is 0.233 e. The van der Waals surface area contributed by atoms with Gasteiger partial charge in [-0.3, -0.25) is 9.69 Å². The van der Waals surface area contributed by atoms with Crippen LogP contribution in [0.3, 0.4) is 0 Å². The fourth-order valence-corrected chi connectivity index (χ4v) is 4.29. The zero-order valence-electron chi connectivity index (χ0n) is 16.8. The van der Waals surface area contributed by atoms with Crippen molar-refractivity contribution in [2.45, 2.75) is 30.6 Å². The number of aromatic nitrogens is 4. The molecule has 29 heavy (non-hydrogen) atoms. The van der Waals surface area contributed by atoms with Gasteiger partial charge in [0.15, 0.2) is 11.5 Å². The second-order valence-corrected chi connectivity index (χ2v) is 8.21. The Morgan fingerprint density at radius 1 is 1.14 bits per heavy atom. The topological polar surface area (TPSA) is 85.6 Å². The minimum absolute atomic E-state index is 0.145. The summed E-state index contributed by atoms with van der Waals surface area (Å²) in [6.45, 7) is 4.00. The molecule has 0 spiro atoms. The summed E-state index contributed by atoms with van der Waals surface area (Å²) in [6, 6.07) is 6.42. The number of carbonyl (C=O) groups is 1. The Bertz CT molecular complexity index is 848. The summed E-state index contributed by atoms with van der Waals surface area (Å²) in [4.78, 5) is 16.9. The number of ether oxygens (including phenoxy) is 2. The zero-order valence-corrected chi connectivity index (χ0v) is 17.6.